The summed E-state index contributed by atoms with van der Waals surface area (Å²) in [4.78, 5) is 11.9. The second-order valence-electron chi connectivity index (χ2n) is 3.98. The third kappa shape index (κ3) is 2.72. The van der Waals surface area contributed by atoms with Crippen LogP contribution in [0.3, 0.4) is 0 Å². The molecule has 0 fully saturated rings. The predicted molar refractivity (Wildman–Crippen MR) is 65.5 cm³/mol. The lowest BCUT2D eigenvalue weighted by Crippen LogP contribution is -2.27. The molecule has 0 aliphatic carbocycles. The van der Waals surface area contributed by atoms with E-state index in [4.69, 9.17) is 0 Å². The summed E-state index contributed by atoms with van der Waals surface area (Å²) in [6, 6.07) is 11.5. The van der Waals surface area contributed by atoms with Crippen LogP contribution in [0.5, 0.6) is 0 Å². The number of carbonyl (C=O) groups is 1. The Morgan fingerprint density at radius 2 is 2.00 bits per heavy atom. The van der Waals surface area contributed by atoms with E-state index in [-0.39, 0.29) is 11.9 Å². The first-order valence-corrected chi connectivity index (χ1v) is 5.52. The molecule has 1 aromatic heterocycles. The topological polar surface area (TPSA) is 46.9 Å². The summed E-state index contributed by atoms with van der Waals surface area (Å²) in [6.45, 7) is 1.95. The fraction of sp³-hybridized carbons (Fsp3) is 0.231. The summed E-state index contributed by atoms with van der Waals surface area (Å²) in [5.74, 6) is -0.151. The normalized spacial score (nSPS) is 12.1. The van der Waals surface area contributed by atoms with Crippen molar-refractivity contribution in [1.82, 2.24) is 15.1 Å². The summed E-state index contributed by atoms with van der Waals surface area (Å²) in [5.41, 5.74) is 1.52. The lowest BCUT2D eigenvalue weighted by Gasteiger charge is -2.13. The van der Waals surface area contributed by atoms with Crippen molar-refractivity contribution in [2.45, 2.75) is 13.0 Å². The molecule has 0 aliphatic rings. The minimum atomic E-state index is -0.151. The van der Waals surface area contributed by atoms with Crippen LogP contribution in [-0.2, 0) is 7.05 Å². The highest BCUT2D eigenvalue weighted by atomic mass is 16.2. The second-order valence-corrected chi connectivity index (χ2v) is 3.98. The number of nitrogens with zero attached hydrogens (tertiary/aromatic N) is 2. The number of aryl methyl sites for hydroxylation is 1. The third-order valence-electron chi connectivity index (χ3n) is 2.59. The van der Waals surface area contributed by atoms with Gasteiger partial charge in [-0.05, 0) is 18.6 Å². The van der Waals surface area contributed by atoms with Gasteiger partial charge in [-0.25, -0.2) is 0 Å². The van der Waals surface area contributed by atoms with Crippen molar-refractivity contribution in [3.63, 3.8) is 0 Å². The van der Waals surface area contributed by atoms with Gasteiger partial charge in [-0.1, -0.05) is 30.3 Å². The van der Waals surface area contributed by atoms with Crippen LogP contribution in [0.25, 0.3) is 0 Å². The second kappa shape index (κ2) is 4.82. The van der Waals surface area contributed by atoms with E-state index in [1.165, 1.54) is 0 Å². The zero-order valence-corrected chi connectivity index (χ0v) is 9.92. The Bertz CT molecular complexity index is 504. The third-order valence-corrected chi connectivity index (χ3v) is 2.59. The smallest absolute Gasteiger partial charge is 0.272 e. The van der Waals surface area contributed by atoms with Crippen LogP contribution in [0.4, 0.5) is 0 Å². The molecule has 1 aromatic carbocycles. The molecule has 0 aliphatic heterocycles. The van der Waals surface area contributed by atoms with Crippen LogP contribution in [0.15, 0.2) is 42.6 Å². The molecule has 1 atom stereocenters. The molecule has 1 N–H and O–H groups in total. The van der Waals surface area contributed by atoms with Gasteiger partial charge < -0.3 is 5.32 Å². The molecule has 1 amide bonds. The van der Waals surface area contributed by atoms with E-state index in [2.05, 4.69) is 10.4 Å². The summed E-state index contributed by atoms with van der Waals surface area (Å²) in [6.07, 6.45) is 1.75. The molecule has 0 radical (unpaired) electrons. The molecule has 1 heterocycles. The molecule has 0 unspecified atom stereocenters. The molecule has 0 bridgehead atoms. The van der Waals surface area contributed by atoms with E-state index in [0.717, 1.165) is 5.56 Å². The first kappa shape index (κ1) is 11.4. The lowest BCUT2D eigenvalue weighted by atomic mass is 10.1. The zero-order chi connectivity index (χ0) is 12.3. The van der Waals surface area contributed by atoms with Gasteiger partial charge in [0, 0.05) is 13.2 Å². The minimum absolute atomic E-state index is 0.0225. The van der Waals surface area contributed by atoms with Crippen molar-refractivity contribution in [3.8, 4) is 0 Å². The van der Waals surface area contributed by atoms with Gasteiger partial charge in [0.15, 0.2) is 0 Å². The molecule has 0 saturated heterocycles. The van der Waals surface area contributed by atoms with Gasteiger partial charge in [0.05, 0.1) is 6.04 Å². The maximum atomic E-state index is 11.9. The first-order chi connectivity index (χ1) is 8.16. The van der Waals surface area contributed by atoms with Crippen LogP contribution in [0, 0.1) is 0 Å². The maximum absolute atomic E-state index is 11.9. The number of hydrogen-bond donors (Lipinski definition) is 1. The van der Waals surface area contributed by atoms with Crippen molar-refractivity contribution < 1.29 is 4.79 Å². The van der Waals surface area contributed by atoms with E-state index in [0.29, 0.717) is 5.69 Å². The Kier molecular flexibility index (Phi) is 3.23. The molecule has 0 spiro atoms. The van der Waals surface area contributed by atoms with Crippen LogP contribution in [-0.4, -0.2) is 15.7 Å². The standard InChI is InChI=1S/C13H15N3O/c1-10(11-6-4-3-5-7-11)14-13(17)12-8-9-16(2)15-12/h3-10H,1-2H3,(H,14,17)/t10-/m0/s1. The molecule has 4 nitrogen and oxygen atoms in total. The van der Waals surface area contributed by atoms with E-state index >= 15 is 0 Å². The minimum Gasteiger partial charge on any atom is -0.344 e. The number of carbonyl (C=O) groups excluding carboxylic acids is 1. The van der Waals surface area contributed by atoms with E-state index in [1.54, 1.807) is 24.0 Å². The number of hydrogen-bond acceptors (Lipinski definition) is 2. The Morgan fingerprint density at radius 1 is 1.29 bits per heavy atom. The highest BCUT2D eigenvalue weighted by Crippen LogP contribution is 2.11. The molecule has 17 heavy (non-hydrogen) atoms. The SMILES string of the molecule is C[C@H](NC(=O)c1ccn(C)n1)c1ccccc1. The summed E-state index contributed by atoms with van der Waals surface area (Å²) in [5, 5.41) is 6.97. The Balaban J connectivity index is 2.04. The van der Waals surface area contributed by atoms with Crippen LogP contribution < -0.4 is 5.32 Å². The van der Waals surface area contributed by atoms with Gasteiger partial charge in [-0.15, -0.1) is 0 Å². The fourth-order valence-corrected chi connectivity index (χ4v) is 1.63. The maximum Gasteiger partial charge on any atom is 0.272 e. The molecule has 0 saturated carbocycles. The van der Waals surface area contributed by atoms with E-state index < -0.39 is 0 Å². The average molecular weight is 229 g/mol. The summed E-state index contributed by atoms with van der Waals surface area (Å²) >= 11 is 0. The van der Waals surface area contributed by atoms with Crippen molar-refractivity contribution >= 4 is 5.91 Å². The van der Waals surface area contributed by atoms with Gasteiger partial charge in [0.25, 0.3) is 5.91 Å². The number of benzene rings is 1. The Labute approximate surface area is 100 Å². The Morgan fingerprint density at radius 3 is 2.59 bits per heavy atom. The first-order valence-electron chi connectivity index (χ1n) is 5.52. The van der Waals surface area contributed by atoms with Crippen LogP contribution in [0.2, 0.25) is 0 Å². The predicted octanol–water partition coefficient (Wildman–Crippen LogP) is 1.91. The number of amides is 1. The zero-order valence-electron chi connectivity index (χ0n) is 9.92. The summed E-state index contributed by atoms with van der Waals surface area (Å²) < 4.78 is 1.61. The lowest BCUT2D eigenvalue weighted by molar-refractivity contribution is 0.0934. The highest BCUT2D eigenvalue weighted by molar-refractivity contribution is 5.92. The molecule has 2 aromatic rings. The van der Waals surface area contributed by atoms with Gasteiger partial charge in [0.2, 0.25) is 0 Å². The fourth-order valence-electron chi connectivity index (χ4n) is 1.63. The summed E-state index contributed by atoms with van der Waals surface area (Å²) in [7, 11) is 1.79. The van der Waals surface area contributed by atoms with Gasteiger partial charge in [-0.3, -0.25) is 9.48 Å². The highest BCUT2D eigenvalue weighted by Gasteiger charge is 2.12. The number of nitrogens with one attached hydrogen (secondary N) is 1. The number of rotatable bonds is 3. The van der Waals surface area contributed by atoms with Gasteiger partial charge >= 0.3 is 0 Å². The molecular formula is C13H15N3O. The monoisotopic (exact) mass is 229 g/mol. The molecular weight excluding hydrogens is 214 g/mol. The van der Waals surface area contributed by atoms with Gasteiger partial charge in [0.1, 0.15) is 5.69 Å². The average Bonchev–Trinajstić information content (AvgIpc) is 2.77. The van der Waals surface area contributed by atoms with Crippen LogP contribution >= 0.6 is 0 Å². The molecule has 4 heteroatoms. The Hall–Kier alpha value is -2.10. The van der Waals surface area contributed by atoms with E-state index in [9.17, 15) is 4.79 Å². The van der Waals surface area contributed by atoms with Crippen molar-refractivity contribution in [3.05, 3.63) is 53.9 Å². The van der Waals surface area contributed by atoms with Gasteiger partial charge in [-0.2, -0.15) is 5.10 Å². The number of aromatic nitrogens is 2. The quantitative estimate of drug-likeness (QED) is 0.874. The molecule has 88 valence electrons. The van der Waals surface area contributed by atoms with E-state index in [1.807, 2.05) is 37.3 Å². The van der Waals surface area contributed by atoms with Crippen molar-refractivity contribution in [2.75, 3.05) is 0 Å². The van der Waals surface area contributed by atoms with Crippen LogP contribution in [0.1, 0.15) is 29.0 Å². The molecule has 2 rings (SSSR count). The van der Waals surface area contributed by atoms with Crippen molar-refractivity contribution in [1.29, 1.82) is 0 Å². The largest absolute Gasteiger partial charge is 0.344 e. The van der Waals surface area contributed by atoms with Crippen molar-refractivity contribution in [2.24, 2.45) is 7.05 Å².